The number of hydrogen-bond acceptors (Lipinski definition) is 11. The maximum absolute atomic E-state index is 12.9. The van der Waals surface area contributed by atoms with Gasteiger partial charge in [-0.15, -0.1) is 11.3 Å². The zero-order chi connectivity index (χ0) is 29.9. The summed E-state index contributed by atoms with van der Waals surface area (Å²) < 4.78 is 6.94. The highest BCUT2D eigenvalue weighted by Gasteiger charge is 2.35. The van der Waals surface area contributed by atoms with Crippen LogP contribution in [0.4, 0.5) is 5.13 Å². The van der Waals surface area contributed by atoms with Gasteiger partial charge in [0.15, 0.2) is 10.1 Å². The molecule has 43 heavy (non-hydrogen) atoms. The van der Waals surface area contributed by atoms with Crippen LogP contribution < -0.4 is 16.0 Å². The van der Waals surface area contributed by atoms with Crippen molar-refractivity contribution in [3.63, 3.8) is 0 Å². The summed E-state index contributed by atoms with van der Waals surface area (Å²) in [6, 6.07) is 6.40. The molecule has 3 aliphatic rings. The lowest BCUT2D eigenvalue weighted by Crippen LogP contribution is -2.51. The van der Waals surface area contributed by atoms with E-state index in [1.807, 2.05) is 37.2 Å². The molecule has 1 aliphatic heterocycles. The van der Waals surface area contributed by atoms with Gasteiger partial charge < -0.3 is 30.7 Å². The number of ether oxygens (including phenoxy) is 1. The van der Waals surface area contributed by atoms with Gasteiger partial charge in [0.2, 0.25) is 5.91 Å². The lowest BCUT2D eigenvalue weighted by atomic mass is 9.79. The molecule has 0 radical (unpaired) electrons. The molecule has 4 atom stereocenters. The number of aliphatic imine (C=N–C) groups is 1. The van der Waals surface area contributed by atoms with Crippen molar-refractivity contribution in [2.24, 2.45) is 10.9 Å². The van der Waals surface area contributed by atoms with Gasteiger partial charge in [0.05, 0.1) is 29.0 Å². The van der Waals surface area contributed by atoms with Crippen LogP contribution in [0.3, 0.4) is 0 Å². The van der Waals surface area contributed by atoms with Crippen molar-refractivity contribution in [3.8, 4) is 0 Å². The van der Waals surface area contributed by atoms with Gasteiger partial charge in [-0.2, -0.15) is 0 Å². The predicted molar refractivity (Wildman–Crippen MR) is 169 cm³/mol. The second-order valence-electron chi connectivity index (χ2n) is 11.5. The number of benzene rings is 1. The van der Waals surface area contributed by atoms with Crippen LogP contribution in [0.25, 0.3) is 15.8 Å². The normalized spacial score (nSPS) is 25.8. The number of fused-ring (bicyclic) bond motifs is 1. The van der Waals surface area contributed by atoms with Crippen molar-refractivity contribution in [2.45, 2.75) is 69.5 Å². The highest BCUT2D eigenvalue weighted by molar-refractivity contribution is 7.22. The van der Waals surface area contributed by atoms with E-state index in [1.165, 1.54) is 22.7 Å². The number of allylic oxidation sites excluding steroid dienone is 1. The summed E-state index contributed by atoms with van der Waals surface area (Å²) in [6.07, 6.45) is 9.18. The second kappa shape index (κ2) is 13.2. The van der Waals surface area contributed by atoms with Crippen molar-refractivity contribution < 1.29 is 19.4 Å². The van der Waals surface area contributed by atoms with Crippen LogP contribution in [-0.2, 0) is 9.53 Å². The number of rotatable bonds is 11. The Balaban J connectivity index is 0.965. The van der Waals surface area contributed by atoms with Crippen LogP contribution in [0.15, 0.2) is 41.0 Å². The molecule has 6 rings (SSSR count). The minimum Gasteiger partial charge on any atom is -0.390 e. The van der Waals surface area contributed by atoms with E-state index in [-0.39, 0.29) is 48.2 Å². The first-order valence-electron chi connectivity index (χ1n) is 14.7. The van der Waals surface area contributed by atoms with E-state index in [2.05, 4.69) is 38.2 Å². The van der Waals surface area contributed by atoms with Gasteiger partial charge in [0, 0.05) is 61.2 Å². The number of hydrogen-bond donors (Lipinski definition) is 4. The number of anilines is 1. The standard InChI is InChI=1S/C30H37N7O4S2/c1-17(13-33-28(40)29-31-8-9-42-29)34-21-10-19(11-21)27(39)36-30-35-22-7-6-18(12-25(22)43-30)20-14-32-26(37(2)15-20)16-41-24-5-3-4-23(24)38/h6-9,12,14-15,17,19,21,23-24,26,34,38H,3-5,10-11,13,16H2,1-2H3,(H,33,40)(H,35,36,39)/t17-,19?,21?,23-,24-,26?/m0/s1. The molecule has 3 aromatic rings. The lowest BCUT2D eigenvalue weighted by Gasteiger charge is -2.36. The number of aliphatic hydroxyl groups excluding tert-OH is 1. The van der Waals surface area contributed by atoms with Crippen molar-refractivity contribution in [2.75, 3.05) is 25.5 Å². The van der Waals surface area contributed by atoms with E-state index in [0.717, 1.165) is 53.5 Å². The van der Waals surface area contributed by atoms with Gasteiger partial charge >= 0.3 is 0 Å². The molecule has 4 N–H and O–H groups in total. The van der Waals surface area contributed by atoms with E-state index in [1.54, 1.807) is 11.6 Å². The number of nitrogens with zero attached hydrogens (tertiary/aromatic N) is 4. The lowest BCUT2D eigenvalue weighted by molar-refractivity contribution is -0.123. The number of amides is 2. The topological polar surface area (TPSA) is 141 Å². The maximum atomic E-state index is 12.9. The molecule has 2 aromatic heterocycles. The monoisotopic (exact) mass is 623 g/mol. The Labute approximate surface area is 258 Å². The Morgan fingerprint density at radius 3 is 2.86 bits per heavy atom. The summed E-state index contributed by atoms with van der Waals surface area (Å²) in [6.45, 7) is 2.96. The van der Waals surface area contributed by atoms with E-state index in [4.69, 9.17) is 9.73 Å². The van der Waals surface area contributed by atoms with Gasteiger partial charge in [0.1, 0.15) is 6.17 Å². The smallest absolute Gasteiger partial charge is 0.280 e. The first-order valence-corrected chi connectivity index (χ1v) is 16.4. The molecule has 0 bridgehead atoms. The molecule has 13 heteroatoms. The molecule has 228 valence electrons. The molecule has 3 heterocycles. The summed E-state index contributed by atoms with van der Waals surface area (Å²) in [5.74, 6) is -0.238. The second-order valence-corrected chi connectivity index (χ2v) is 13.5. The summed E-state index contributed by atoms with van der Waals surface area (Å²) >= 11 is 2.78. The van der Waals surface area contributed by atoms with Gasteiger partial charge in [-0.1, -0.05) is 17.4 Å². The Hall–Kier alpha value is -3.23. The number of likely N-dealkylation sites (N-methyl/N-ethyl adjacent to an activating group) is 1. The van der Waals surface area contributed by atoms with Crippen LogP contribution in [-0.4, -0.2) is 88.7 Å². The average Bonchev–Trinajstić information content (AvgIpc) is 3.73. The van der Waals surface area contributed by atoms with Crippen LogP contribution in [0.1, 0.15) is 54.4 Å². The minimum absolute atomic E-state index is 0.0100. The van der Waals surface area contributed by atoms with E-state index >= 15 is 0 Å². The number of thiazole rings is 2. The molecule has 1 aromatic carbocycles. The molecule has 2 saturated carbocycles. The minimum atomic E-state index is -0.372. The highest BCUT2D eigenvalue weighted by Crippen LogP contribution is 2.33. The molecular weight excluding hydrogens is 587 g/mol. The molecule has 2 aliphatic carbocycles. The third-order valence-corrected chi connectivity index (χ3v) is 9.96. The third kappa shape index (κ3) is 7.13. The van der Waals surface area contributed by atoms with E-state index < -0.39 is 0 Å². The summed E-state index contributed by atoms with van der Waals surface area (Å²) in [7, 11) is 1.98. The molecule has 1 unspecified atom stereocenters. The van der Waals surface area contributed by atoms with Crippen molar-refractivity contribution >= 4 is 61.6 Å². The quantitative estimate of drug-likeness (QED) is 0.255. The molecule has 11 nitrogen and oxygen atoms in total. The van der Waals surface area contributed by atoms with Crippen molar-refractivity contribution in [3.05, 3.63) is 46.5 Å². The van der Waals surface area contributed by atoms with Crippen LogP contribution >= 0.6 is 22.7 Å². The largest absolute Gasteiger partial charge is 0.390 e. The summed E-state index contributed by atoms with van der Waals surface area (Å²) in [5, 5.41) is 22.3. The van der Waals surface area contributed by atoms with E-state index in [0.29, 0.717) is 23.3 Å². The fourth-order valence-electron chi connectivity index (χ4n) is 5.68. The molecule has 2 amide bonds. The zero-order valence-electron chi connectivity index (χ0n) is 24.2. The van der Waals surface area contributed by atoms with Gasteiger partial charge in [0.25, 0.3) is 5.91 Å². The van der Waals surface area contributed by atoms with Crippen molar-refractivity contribution in [1.29, 1.82) is 0 Å². The molecule has 2 fully saturated rings. The first kappa shape index (κ1) is 29.8. The molecule has 0 saturated heterocycles. The SMILES string of the molecule is C[C@@H](CNC(=O)c1nccs1)NC1CC(C(=O)Nc2nc3ccc(C4=CN(C)C(CO[C@H]5CCC[C@@H]5O)N=C4)cc3s2)C1. The number of aromatic nitrogens is 2. The Bertz CT molecular complexity index is 1500. The predicted octanol–water partition coefficient (Wildman–Crippen LogP) is 3.49. The Kier molecular flexibility index (Phi) is 9.14. The van der Waals surface area contributed by atoms with Gasteiger partial charge in [-0.25, -0.2) is 9.97 Å². The Morgan fingerprint density at radius 2 is 2.12 bits per heavy atom. The number of carbonyl (C=O) groups excluding carboxylic acids is 2. The van der Waals surface area contributed by atoms with E-state index in [9.17, 15) is 14.7 Å². The van der Waals surface area contributed by atoms with Gasteiger partial charge in [-0.05, 0) is 56.7 Å². The first-order chi connectivity index (χ1) is 20.8. The summed E-state index contributed by atoms with van der Waals surface area (Å²) in [5.41, 5.74) is 2.86. The average molecular weight is 624 g/mol. The number of aliphatic hydroxyl groups is 1. The zero-order valence-corrected chi connectivity index (χ0v) is 25.9. The third-order valence-electron chi connectivity index (χ3n) is 8.25. The molecule has 0 spiro atoms. The fraction of sp³-hybridized carbons (Fsp3) is 0.500. The maximum Gasteiger partial charge on any atom is 0.280 e. The van der Waals surface area contributed by atoms with Crippen LogP contribution in [0, 0.1) is 5.92 Å². The van der Waals surface area contributed by atoms with Crippen molar-refractivity contribution in [1.82, 2.24) is 25.5 Å². The Morgan fingerprint density at radius 1 is 1.26 bits per heavy atom. The van der Waals surface area contributed by atoms with Crippen LogP contribution in [0.2, 0.25) is 0 Å². The van der Waals surface area contributed by atoms with Gasteiger partial charge in [-0.3, -0.25) is 14.6 Å². The highest BCUT2D eigenvalue weighted by atomic mass is 32.1. The number of nitrogens with one attached hydrogen (secondary N) is 3. The van der Waals surface area contributed by atoms with Crippen LogP contribution in [0.5, 0.6) is 0 Å². The number of carbonyl (C=O) groups is 2. The fourth-order valence-corrected chi connectivity index (χ4v) is 7.14. The molecular formula is C30H37N7O4S2. The summed E-state index contributed by atoms with van der Waals surface area (Å²) in [4.78, 5) is 40.4.